The van der Waals surface area contributed by atoms with Crippen LogP contribution in [0.5, 0.6) is 0 Å². The van der Waals surface area contributed by atoms with Gasteiger partial charge in [-0.05, 0) is 30.3 Å². The monoisotopic (exact) mass is 431 g/mol. The molecule has 0 spiro atoms. The minimum absolute atomic E-state index is 0.0987. The quantitative estimate of drug-likeness (QED) is 0.419. The van der Waals surface area contributed by atoms with Crippen molar-refractivity contribution in [2.24, 2.45) is 7.05 Å². The molecular formula is C24H22ClN5O. The summed E-state index contributed by atoms with van der Waals surface area (Å²) in [4.78, 5) is 14.3. The van der Waals surface area contributed by atoms with Crippen molar-refractivity contribution in [2.45, 2.75) is 6.54 Å². The lowest BCUT2D eigenvalue weighted by atomic mass is 10.1. The number of rotatable bonds is 6. The Morgan fingerprint density at radius 1 is 1.10 bits per heavy atom. The second kappa shape index (κ2) is 9.02. The maximum absolute atomic E-state index is 12.7. The maximum Gasteiger partial charge on any atom is 0.246 e. The minimum atomic E-state index is -0.0987. The number of halogens is 1. The summed E-state index contributed by atoms with van der Waals surface area (Å²) in [5.74, 6) is -0.0987. The summed E-state index contributed by atoms with van der Waals surface area (Å²) in [6, 6.07) is 17.5. The van der Waals surface area contributed by atoms with E-state index >= 15 is 0 Å². The van der Waals surface area contributed by atoms with E-state index in [-0.39, 0.29) is 5.91 Å². The van der Waals surface area contributed by atoms with Gasteiger partial charge in [0, 0.05) is 60.8 Å². The molecule has 0 saturated heterocycles. The summed E-state index contributed by atoms with van der Waals surface area (Å²) >= 11 is 6.06. The van der Waals surface area contributed by atoms with E-state index in [1.165, 1.54) is 0 Å². The predicted molar refractivity (Wildman–Crippen MR) is 123 cm³/mol. The number of benzene rings is 2. The number of carbonyl (C=O) groups excluding carboxylic acids is 1. The van der Waals surface area contributed by atoms with Crippen molar-refractivity contribution in [3.8, 4) is 16.9 Å². The van der Waals surface area contributed by atoms with Gasteiger partial charge < -0.3 is 4.90 Å². The summed E-state index contributed by atoms with van der Waals surface area (Å²) < 4.78 is 3.54. The lowest BCUT2D eigenvalue weighted by Gasteiger charge is -2.15. The zero-order valence-electron chi connectivity index (χ0n) is 17.3. The molecule has 0 aliphatic heterocycles. The van der Waals surface area contributed by atoms with Gasteiger partial charge in [0.15, 0.2) is 0 Å². The van der Waals surface area contributed by atoms with Gasteiger partial charge in [-0.1, -0.05) is 41.9 Å². The third-order valence-corrected chi connectivity index (χ3v) is 5.11. The van der Waals surface area contributed by atoms with Crippen LogP contribution in [-0.4, -0.2) is 37.4 Å². The molecule has 6 nitrogen and oxygen atoms in total. The summed E-state index contributed by atoms with van der Waals surface area (Å²) in [5, 5.41) is 9.57. The molecule has 0 saturated carbocycles. The van der Waals surface area contributed by atoms with Gasteiger partial charge in [0.2, 0.25) is 5.91 Å². The molecule has 4 aromatic rings. The summed E-state index contributed by atoms with van der Waals surface area (Å²) in [5.41, 5.74) is 4.53. The Balaban J connectivity index is 1.61. The first-order valence-electron chi connectivity index (χ1n) is 9.81. The highest BCUT2D eigenvalue weighted by Gasteiger charge is 2.16. The number of hydrogen-bond donors (Lipinski definition) is 0. The van der Waals surface area contributed by atoms with E-state index in [9.17, 15) is 4.79 Å². The molecule has 2 heterocycles. The van der Waals surface area contributed by atoms with E-state index in [4.69, 9.17) is 16.7 Å². The zero-order valence-corrected chi connectivity index (χ0v) is 18.1. The molecule has 1 amide bonds. The van der Waals surface area contributed by atoms with Crippen molar-refractivity contribution in [3.05, 3.63) is 95.4 Å². The van der Waals surface area contributed by atoms with E-state index in [1.807, 2.05) is 78.7 Å². The largest absolute Gasteiger partial charge is 0.338 e. The van der Waals surface area contributed by atoms with Crippen LogP contribution < -0.4 is 0 Å². The predicted octanol–water partition coefficient (Wildman–Crippen LogP) is 4.60. The van der Waals surface area contributed by atoms with Gasteiger partial charge >= 0.3 is 0 Å². The Hall–Kier alpha value is -3.64. The Labute approximate surface area is 186 Å². The van der Waals surface area contributed by atoms with Crippen molar-refractivity contribution in [3.63, 3.8) is 0 Å². The zero-order chi connectivity index (χ0) is 21.8. The van der Waals surface area contributed by atoms with E-state index in [1.54, 1.807) is 35.0 Å². The second-order valence-electron chi connectivity index (χ2n) is 7.26. The van der Waals surface area contributed by atoms with Crippen LogP contribution in [-0.2, 0) is 18.4 Å². The van der Waals surface area contributed by atoms with Gasteiger partial charge in [-0.15, -0.1) is 0 Å². The number of hydrogen-bond acceptors (Lipinski definition) is 3. The summed E-state index contributed by atoms with van der Waals surface area (Å²) in [6.45, 7) is 0.418. The van der Waals surface area contributed by atoms with E-state index < -0.39 is 0 Å². The molecule has 156 valence electrons. The Bertz CT molecular complexity index is 1210. The smallest absolute Gasteiger partial charge is 0.246 e. The van der Waals surface area contributed by atoms with Crippen molar-refractivity contribution in [1.82, 2.24) is 24.5 Å². The fraction of sp³-hybridized carbons (Fsp3) is 0.125. The molecule has 0 aliphatic rings. The van der Waals surface area contributed by atoms with Crippen LogP contribution in [0.3, 0.4) is 0 Å². The van der Waals surface area contributed by atoms with E-state index in [0.29, 0.717) is 11.6 Å². The third kappa shape index (κ3) is 4.92. The molecule has 4 rings (SSSR count). The number of para-hydroxylation sites is 1. The van der Waals surface area contributed by atoms with Crippen molar-refractivity contribution >= 4 is 23.6 Å². The van der Waals surface area contributed by atoms with Crippen molar-refractivity contribution in [1.29, 1.82) is 0 Å². The molecule has 0 unspecified atom stereocenters. The third-order valence-electron chi connectivity index (χ3n) is 4.86. The number of nitrogens with zero attached hydrogens (tertiary/aromatic N) is 5. The highest BCUT2D eigenvalue weighted by molar-refractivity contribution is 6.30. The van der Waals surface area contributed by atoms with Crippen LogP contribution in [0, 0.1) is 0 Å². The fourth-order valence-electron chi connectivity index (χ4n) is 3.24. The SMILES string of the molecule is CN(Cc1cn(-c2ccccc2)nc1-c1ccc(Cl)cc1)C(=O)/C=C/c1cnn(C)c1. The van der Waals surface area contributed by atoms with Gasteiger partial charge in [-0.2, -0.15) is 10.2 Å². The van der Waals surface area contributed by atoms with E-state index in [0.717, 1.165) is 28.1 Å². The highest BCUT2D eigenvalue weighted by Crippen LogP contribution is 2.26. The van der Waals surface area contributed by atoms with Crippen LogP contribution in [0.2, 0.25) is 5.02 Å². The average Bonchev–Trinajstić information content (AvgIpc) is 3.39. The fourth-order valence-corrected chi connectivity index (χ4v) is 3.37. The molecule has 0 radical (unpaired) electrons. The number of aromatic nitrogens is 4. The number of likely N-dealkylation sites (N-methyl/N-ethyl adjacent to an activating group) is 1. The number of carbonyl (C=O) groups is 1. The second-order valence-corrected chi connectivity index (χ2v) is 7.70. The normalized spacial score (nSPS) is 11.2. The first-order chi connectivity index (χ1) is 15.0. The summed E-state index contributed by atoms with van der Waals surface area (Å²) in [6.07, 6.45) is 8.85. The molecule has 0 aliphatic carbocycles. The van der Waals surface area contributed by atoms with Crippen LogP contribution in [0.4, 0.5) is 0 Å². The standard InChI is InChI=1S/C24H22ClN5O/c1-28(23(31)13-8-18-14-26-29(2)15-18)16-20-17-30(22-6-4-3-5-7-22)27-24(20)19-9-11-21(25)12-10-19/h3-15,17H,16H2,1-2H3/b13-8+. The number of amides is 1. The molecule has 0 fully saturated rings. The topological polar surface area (TPSA) is 56.0 Å². The van der Waals surface area contributed by atoms with Crippen LogP contribution in [0.25, 0.3) is 23.0 Å². The average molecular weight is 432 g/mol. The molecule has 0 N–H and O–H groups in total. The lowest BCUT2D eigenvalue weighted by Crippen LogP contribution is -2.24. The van der Waals surface area contributed by atoms with Crippen LogP contribution >= 0.6 is 11.6 Å². The molecule has 7 heteroatoms. The van der Waals surface area contributed by atoms with E-state index in [2.05, 4.69) is 5.10 Å². The van der Waals surface area contributed by atoms with Gasteiger partial charge in [0.05, 0.1) is 17.6 Å². The van der Waals surface area contributed by atoms with Crippen LogP contribution in [0.15, 0.2) is 79.3 Å². The van der Waals surface area contributed by atoms with Crippen molar-refractivity contribution in [2.75, 3.05) is 7.05 Å². The lowest BCUT2D eigenvalue weighted by molar-refractivity contribution is -0.125. The first kappa shape index (κ1) is 20.6. The van der Waals surface area contributed by atoms with Gasteiger partial charge in [0.25, 0.3) is 0 Å². The Morgan fingerprint density at radius 2 is 1.84 bits per heavy atom. The first-order valence-corrected chi connectivity index (χ1v) is 10.2. The van der Waals surface area contributed by atoms with Crippen LogP contribution in [0.1, 0.15) is 11.1 Å². The van der Waals surface area contributed by atoms with Gasteiger partial charge in [-0.25, -0.2) is 4.68 Å². The highest BCUT2D eigenvalue weighted by atomic mass is 35.5. The molecule has 0 bridgehead atoms. The summed E-state index contributed by atoms with van der Waals surface area (Å²) in [7, 11) is 3.62. The van der Waals surface area contributed by atoms with Gasteiger partial charge in [0.1, 0.15) is 0 Å². The van der Waals surface area contributed by atoms with Gasteiger partial charge in [-0.3, -0.25) is 9.48 Å². The van der Waals surface area contributed by atoms with Crippen molar-refractivity contribution < 1.29 is 4.79 Å². The molecule has 2 aromatic carbocycles. The Kier molecular flexibility index (Phi) is 6.00. The molecule has 2 aromatic heterocycles. The molecule has 0 atom stereocenters. The number of aryl methyl sites for hydroxylation is 1. The minimum Gasteiger partial charge on any atom is -0.338 e. The molecule has 31 heavy (non-hydrogen) atoms. The molecular weight excluding hydrogens is 410 g/mol. The Morgan fingerprint density at radius 3 is 2.52 bits per heavy atom. The maximum atomic E-state index is 12.7.